The SMILES string of the molecule is Cc1cccc2ccc(CCC(=O)NCCCN)nc12. The van der Waals surface area contributed by atoms with Crippen molar-refractivity contribution in [3.05, 3.63) is 41.6 Å². The highest BCUT2D eigenvalue weighted by Crippen LogP contribution is 2.16. The Hall–Kier alpha value is -1.94. The first kappa shape index (κ1) is 14.5. The summed E-state index contributed by atoms with van der Waals surface area (Å²) < 4.78 is 0. The van der Waals surface area contributed by atoms with E-state index >= 15 is 0 Å². The van der Waals surface area contributed by atoms with E-state index in [4.69, 9.17) is 5.73 Å². The van der Waals surface area contributed by atoms with Crippen LogP contribution >= 0.6 is 0 Å². The number of carbonyl (C=O) groups excluding carboxylic acids is 1. The number of rotatable bonds is 6. The molecule has 0 bridgehead atoms. The molecule has 3 N–H and O–H groups in total. The van der Waals surface area contributed by atoms with Crippen LogP contribution in [0.4, 0.5) is 0 Å². The van der Waals surface area contributed by atoms with E-state index in [-0.39, 0.29) is 5.91 Å². The molecular weight excluding hydrogens is 250 g/mol. The summed E-state index contributed by atoms with van der Waals surface area (Å²) in [4.78, 5) is 16.3. The van der Waals surface area contributed by atoms with Crippen molar-refractivity contribution in [1.82, 2.24) is 10.3 Å². The molecule has 0 radical (unpaired) electrons. The highest BCUT2D eigenvalue weighted by atomic mass is 16.1. The molecule has 0 aliphatic rings. The van der Waals surface area contributed by atoms with Gasteiger partial charge in [0.1, 0.15) is 0 Å². The van der Waals surface area contributed by atoms with Crippen LogP contribution in [0.25, 0.3) is 10.9 Å². The normalized spacial score (nSPS) is 10.7. The van der Waals surface area contributed by atoms with Crippen molar-refractivity contribution in [1.29, 1.82) is 0 Å². The zero-order chi connectivity index (χ0) is 14.4. The summed E-state index contributed by atoms with van der Waals surface area (Å²) in [6.07, 6.45) is 1.95. The minimum Gasteiger partial charge on any atom is -0.356 e. The topological polar surface area (TPSA) is 68.0 Å². The summed E-state index contributed by atoms with van der Waals surface area (Å²) in [7, 11) is 0. The van der Waals surface area contributed by atoms with E-state index in [0.29, 0.717) is 25.9 Å². The molecule has 0 aliphatic heterocycles. The second kappa shape index (κ2) is 7.01. The number of hydrogen-bond donors (Lipinski definition) is 2. The maximum atomic E-state index is 11.6. The monoisotopic (exact) mass is 271 g/mol. The zero-order valence-corrected chi connectivity index (χ0v) is 11.9. The van der Waals surface area contributed by atoms with Crippen LogP contribution in [0.15, 0.2) is 30.3 Å². The van der Waals surface area contributed by atoms with Crippen molar-refractivity contribution in [3.8, 4) is 0 Å². The predicted octanol–water partition coefficient (Wildman–Crippen LogP) is 1.94. The molecule has 2 rings (SSSR count). The number of aryl methyl sites for hydroxylation is 2. The standard InChI is InChI=1S/C16H21N3O/c1-12-4-2-5-13-6-7-14(19-16(12)13)8-9-15(20)18-11-3-10-17/h2,4-7H,3,8-11,17H2,1H3,(H,18,20). The van der Waals surface area contributed by atoms with Crippen LogP contribution in [0.1, 0.15) is 24.1 Å². The Balaban J connectivity index is 1.96. The van der Waals surface area contributed by atoms with Crippen molar-refractivity contribution in [2.75, 3.05) is 13.1 Å². The van der Waals surface area contributed by atoms with Crippen molar-refractivity contribution in [3.63, 3.8) is 0 Å². The third-order valence-corrected chi connectivity index (χ3v) is 3.29. The highest BCUT2D eigenvalue weighted by Gasteiger charge is 2.04. The molecule has 0 saturated carbocycles. The van der Waals surface area contributed by atoms with Crippen LogP contribution in [0, 0.1) is 6.92 Å². The lowest BCUT2D eigenvalue weighted by atomic mass is 10.1. The first-order chi connectivity index (χ1) is 9.70. The molecule has 1 heterocycles. The summed E-state index contributed by atoms with van der Waals surface area (Å²) >= 11 is 0. The van der Waals surface area contributed by atoms with Crippen molar-refractivity contribution < 1.29 is 4.79 Å². The number of benzene rings is 1. The number of amides is 1. The third kappa shape index (κ3) is 3.78. The highest BCUT2D eigenvalue weighted by molar-refractivity contribution is 5.82. The molecule has 0 atom stereocenters. The number of aromatic nitrogens is 1. The Morgan fingerprint density at radius 3 is 2.95 bits per heavy atom. The van der Waals surface area contributed by atoms with E-state index in [1.807, 2.05) is 12.1 Å². The molecule has 0 spiro atoms. The lowest BCUT2D eigenvalue weighted by Crippen LogP contribution is -2.26. The summed E-state index contributed by atoms with van der Waals surface area (Å²) in [5, 5.41) is 4.00. The van der Waals surface area contributed by atoms with Gasteiger partial charge in [-0.1, -0.05) is 24.3 Å². The first-order valence-electron chi connectivity index (χ1n) is 7.02. The fraction of sp³-hybridized carbons (Fsp3) is 0.375. The lowest BCUT2D eigenvalue weighted by Gasteiger charge is -2.06. The number of pyridine rings is 1. The van der Waals surface area contributed by atoms with Gasteiger partial charge in [0, 0.05) is 24.0 Å². The predicted molar refractivity (Wildman–Crippen MR) is 81.5 cm³/mol. The van der Waals surface area contributed by atoms with Crippen LogP contribution in [0.2, 0.25) is 0 Å². The number of hydrogen-bond acceptors (Lipinski definition) is 3. The van der Waals surface area contributed by atoms with Gasteiger partial charge in [-0.2, -0.15) is 0 Å². The summed E-state index contributed by atoms with van der Waals surface area (Å²) in [6.45, 7) is 3.31. The minimum absolute atomic E-state index is 0.0603. The summed E-state index contributed by atoms with van der Waals surface area (Å²) in [5.41, 5.74) is 8.53. The van der Waals surface area contributed by atoms with Gasteiger partial charge in [0.2, 0.25) is 5.91 Å². The third-order valence-electron chi connectivity index (χ3n) is 3.29. The molecule has 0 fully saturated rings. The molecule has 2 aromatic rings. The smallest absolute Gasteiger partial charge is 0.220 e. The Morgan fingerprint density at radius 1 is 1.30 bits per heavy atom. The van der Waals surface area contributed by atoms with Gasteiger partial charge in [-0.25, -0.2) is 0 Å². The van der Waals surface area contributed by atoms with E-state index < -0.39 is 0 Å². The maximum Gasteiger partial charge on any atom is 0.220 e. The minimum atomic E-state index is 0.0603. The second-order valence-electron chi connectivity index (χ2n) is 4.94. The number of nitrogens with two attached hydrogens (primary N) is 1. The quantitative estimate of drug-likeness (QED) is 0.789. The van der Waals surface area contributed by atoms with Crippen molar-refractivity contribution >= 4 is 16.8 Å². The summed E-state index contributed by atoms with van der Waals surface area (Å²) in [5.74, 6) is 0.0603. The number of nitrogens with one attached hydrogen (secondary N) is 1. The van der Waals surface area contributed by atoms with Gasteiger partial charge in [-0.3, -0.25) is 9.78 Å². The Kier molecular flexibility index (Phi) is 5.07. The van der Waals surface area contributed by atoms with Gasteiger partial charge < -0.3 is 11.1 Å². The van der Waals surface area contributed by atoms with Crippen LogP contribution in [0.5, 0.6) is 0 Å². The van der Waals surface area contributed by atoms with Crippen LogP contribution < -0.4 is 11.1 Å². The summed E-state index contributed by atoms with van der Waals surface area (Å²) in [6, 6.07) is 10.2. The average Bonchev–Trinajstić information content (AvgIpc) is 2.46. The van der Waals surface area contributed by atoms with E-state index in [2.05, 4.69) is 35.4 Å². The lowest BCUT2D eigenvalue weighted by molar-refractivity contribution is -0.121. The van der Waals surface area contributed by atoms with Gasteiger partial charge in [0.05, 0.1) is 5.52 Å². The molecule has 1 aromatic heterocycles. The molecule has 0 aliphatic carbocycles. The van der Waals surface area contributed by atoms with Gasteiger partial charge in [-0.15, -0.1) is 0 Å². The number of carbonyl (C=O) groups is 1. The van der Waals surface area contributed by atoms with Gasteiger partial charge in [-0.05, 0) is 37.9 Å². The van der Waals surface area contributed by atoms with Crippen molar-refractivity contribution in [2.45, 2.75) is 26.2 Å². The molecule has 0 unspecified atom stereocenters. The van der Waals surface area contributed by atoms with Crippen LogP contribution in [0.3, 0.4) is 0 Å². The van der Waals surface area contributed by atoms with E-state index in [0.717, 1.165) is 28.6 Å². The second-order valence-corrected chi connectivity index (χ2v) is 4.94. The Morgan fingerprint density at radius 2 is 2.15 bits per heavy atom. The van der Waals surface area contributed by atoms with Gasteiger partial charge in [0.15, 0.2) is 0 Å². The largest absolute Gasteiger partial charge is 0.356 e. The molecule has 1 amide bonds. The maximum absolute atomic E-state index is 11.6. The Bertz CT molecular complexity index is 595. The molecular formula is C16H21N3O. The number of nitrogens with zero attached hydrogens (tertiary/aromatic N) is 1. The van der Waals surface area contributed by atoms with Crippen LogP contribution in [-0.2, 0) is 11.2 Å². The van der Waals surface area contributed by atoms with E-state index in [1.54, 1.807) is 0 Å². The molecule has 106 valence electrons. The first-order valence-corrected chi connectivity index (χ1v) is 7.02. The van der Waals surface area contributed by atoms with Gasteiger partial charge in [0.25, 0.3) is 0 Å². The average molecular weight is 271 g/mol. The molecule has 0 saturated heterocycles. The van der Waals surface area contributed by atoms with E-state index in [1.165, 1.54) is 0 Å². The number of para-hydroxylation sites is 1. The van der Waals surface area contributed by atoms with Crippen LogP contribution in [-0.4, -0.2) is 24.0 Å². The zero-order valence-electron chi connectivity index (χ0n) is 11.9. The van der Waals surface area contributed by atoms with E-state index in [9.17, 15) is 4.79 Å². The molecule has 4 nitrogen and oxygen atoms in total. The Labute approximate surface area is 119 Å². The fourth-order valence-electron chi connectivity index (χ4n) is 2.13. The molecule has 4 heteroatoms. The molecule has 1 aromatic carbocycles. The molecule has 20 heavy (non-hydrogen) atoms. The van der Waals surface area contributed by atoms with Crippen molar-refractivity contribution in [2.24, 2.45) is 5.73 Å². The van der Waals surface area contributed by atoms with Gasteiger partial charge >= 0.3 is 0 Å². The fourth-order valence-corrected chi connectivity index (χ4v) is 2.13. The number of fused-ring (bicyclic) bond motifs is 1.